The van der Waals surface area contributed by atoms with Gasteiger partial charge in [-0.05, 0) is 25.3 Å². The molecule has 1 saturated carbocycles. The lowest BCUT2D eigenvalue weighted by molar-refractivity contribution is 0.583. The second-order valence-corrected chi connectivity index (χ2v) is 4.17. The van der Waals surface area contributed by atoms with E-state index in [0.29, 0.717) is 0 Å². The molecular formula is C8H11ClN2. The summed E-state index contributed by atoms with van der Waals surface area (Å²) in [5.74, 6) is 0. The normalized spacial score (nSPS) is 20.2. The molecule has 0 aliphatic heterocycles. The number of aromatic nitrogens is 2. The molecule has 1 aliphatic carbocycles. The smallest absolute Gasteiger partial charge is 0.0643 e. The first-order valence-corrected chi connectivity index (χ1v) is 4.24. The fraction of sp³-hybridized carbons (Fsp3) is 0.625. The van der Waals surface area contributed by atoms with Crippen LogP contribution >= 0.6 is 11.6 Å². The summed E-state index contributed by atoms with van der Waals surface area (Å²) in [5.41, 5.74) is 1.20. The third kappa shape index (κ3) is 1.56. The molecule has 0 radical (unpaired) electrons. The van der Waals surface area contributed by atoms with Gasteiger partial charge < -0.3 is 0 Å². The highest BCUT2D eigenvalue weighted by atomic mass is 35.5. The number of halogens is 1. The summed E-state index contributed by atoms with van der Waals surface area (Å²) >= 11 is 6.13. The summed E-state index contributed by atoms with van der Waals surface area (Å²) in [7, 11) is 0. The topological polar surface area (TPSA) is 17.8 Å². The Balaban J connectivity index is 2.06. The predicted octanol–water partition coefficient (Wildman–Crippen LogP) is 1.96. The average molecular weight is 171 g/mol. The summed E-state index contributed by atoms with van der Waals surface area (Å²) in [4.78, 5) is 0.0401. The van der Waals surface area contributed by atoms with Crippen molar-refractivity contribution < 1.29 is 0 Å². The van der Waals surface area contributed by atoms with Gasteiger partial charge in [-0.2, -0.15) is 5.10 Å². The van der Waals surface area contributed by atoms with Crippen LogP contribution < -0.4 is 0 Å². The van der Waals surface area contributed by atoms with Crippen molar-refractivity contribution in [3.63, 3.8) is 0 Å². The Morgan fingerprint density at radius 2 is 2.45 bits per heavy atom. The zero-order chi connectivity index (χ0) is 7.90. The summed E-state index contributed by atoms with van der Waals surface area (Å²) in [6.45, 7) is 2.90. The van der Waals surface area contributed by atoms with E-state index < -0.39 is 0 Å². The highest BCUT2D eigenvalue weighted by Crippen LogP contribution is 2.43. The van der Waals surface area contributed by atoms with Crippen LogP contribution in [0.25, 0.3) is 0 Å². The van der Waals surface area contributed by atoms with E-state index in [1.807, 2.05) is 24.0 Å². The molecule has 0 unspecified atom stereocenters. The van der Waals surface area contributed by atoms with Crippen molar-refractivity contribution in [3.8, 4) is 0 Å². The van der Waals surface area contributed by atoms with Crippen LogP contribution in [0.3, 0.4) is 0 Å². The minimum absolute atomic E-state index is 0.0401. The van der Waals surface area contributed by atoms with Crippen molar-refractivity contribution in [3.05, 3.63) is 18.0 Å². The van der Waals surface area contributed by atoms with Crippen LogP contribution in [0.4, 0.5) is 0 Å². The van der Waals surface area contributed by atoms with Crippen LogP contribution in [0.15, 0.2) is 12.4 Å². The molecule has 11 heavy (non-hydrogen) atoms. The van der Waals surface area contributed by atoms with Gasteiger partial charge in [0.05, 0.1) is 17.6 Å². The van der Waals surface area contributed by atoms with E-state index in [4.69, 9.17) is 11.6 Å². The largest absolute Gasteiger partial charge is 0.271 e. The third-order valence-corrected chi connectivity index (χ3v) is 2.50. The Morgan fingerprint density at radius 1 is 1.73 bits per heavy atom. The van der Waals surface area contributed by atoms with E-state index >= 15 is 0 Å². The minimum Gasteiger partial charge on any atom is -0.271 e. The van der Waals surface area contributed by atoms with Gasteiger partial charge in [0.2, 0.25) is 0 Å². The first kappa shape index (κ1) is 7.17. The van der Waals surface area contributed by atoms with Gasteiger partial charge >= 0.3 is 0 Å². The number of hydrogen-bond acceptors (Lipinski definition) is 1. The minimum atomic E-state index is 0.0401. The fourth-order valence-corrected chi connectivity index (χ4v) is 1.35. The summed E-state index contributed by atoms with van der Waals surface area (Å²) in [6.07, 6.45) is 6.16. The molecular weight excluding hydrogens is 160 g/mol. The van der Waals surface area contributed by atoms with Gasteiger partial charge in [0.1, 0.15) is 0 Å². The van der Waals surface area contributed by atoms with Crippen molar-refractivity contribution in [1.82, 2.24) is 9.78 Å². The molecule has 2 nitrogen and oxygen atoms in total. The predicted molar refractivity (Wildman–Crippen MR) is 44.8 cm³/mol. The number of aryl methyl sites for hydroxylation is 1. The fourth-order valence-electron chi connectivity index (χ4n) is 1.14. The van der Waals surface area contributed by atoms with Gasteiger partial charge in [-0.1, -0.05) is 0 Å². The molecule has 0 atom stereocenters. The van der Waals surface area contributed by atoms with Gasteiger partial charge in [-0.3, -0.25) is 4.68 Å². The van der Waals surface area contributed by atoms with Gasteiger partial charge in [0.25, 0.3) is 0 Å². The molecule has 0 amide bonds. The molecule has 1 aliphatic rings. The lowest BCUT2D eigenvalue weighted by atomic mass is 10.4. The zero-order valence-corrected chi connectivity index (χ0v) is 7.30. The lowest BCUT2D eigenvalue weighted by Crippen LogP contribution is -2.10. The van der Waals surface area contributed by atoms with Crippen molar-refractivity contribution in [2.75, 3.05) is 0 Å². The molecule has 3 heteroatoms. The second-order valence-electron chi connectivity index (χ2n) is 3.37. The highest BCUT2D eigenvalue weighted by Gasteiger charge is 2.40. The highest BCUT2D eigenvalue weighted by molar-refractivity contribution is 6.25. The van der Waals surface area contributed by atoms with Crippen LogP contribution in [0.1, 0.15) is 18.4 Å². The van der Waals surface area contributed by atoms with Crippen LogP contribution in [0.2, 0.25) is 0 Å². The Bertz CT molecular complexity index is 263. The standard InChI is InChI=1S/C8H11ClN2/c1-7-4-10-11(5-7)6-8(9)2-3-8/h4-5H,2-3,6H2,1H3. The number of hydrogen-bond donors (Lipinski definition) is 0. The average Bonchev–Trinajstić information content (AvgIpc) is 2.49. The van der Waals surface area contributed by atoms with Gasteiger partial charge in [0, 0.05) is 6.20 Å². The Kier molecular flexibility index (Phi) is 1.46. The molecule has 0 saturated heterocycles. The molecule has 2 rings (SSSR count). The van der Waals surface area contributed by atoms with Crippen molar-refractivity contribution in [1.29, 1.82) is 0 Å². The monoisotopic (exact) mass is 170 g/mol. The Hall–Kier alpha value is -0.500. The molecule has 1 aromatic rings. The molecule has 0 N–H and O–H groups in total. The van der Waals surface area contributed by atoms with Crippen molar-refractivity contribution >= 4 is 11.6 Å². The van der Waals surface area contributed by atoms with E-state index in [0.717, 1.165) is 19.4 Å². The number of nitrogens with zero attached hydrogens (tertiary/aromatic N) is 2. The Morgan fingerprint density at radius 3 is 2.91 bits per heavy atom. The lowest BCUT2D eigenvalue weighted by Gasteiger charge is -2.04. The molecule has 1 aromatic heterocycles. The molecule has 1 fully saturated rings. The van der Waals surface area contributed by atoms with E-state index in [1.54, 1.807) is 0 Å². The number of alkyl halides is 1. The van der Waals surface area contributed by atoms with Gasteiger partial charge in [-0.25, -0.2) is 0 Å². The molecule has 0 spiro atoms. The van der Waals surface area contributed by atoms with Crippen LogP contribution in [-0.4, -0.2) is 14.7 Å². The van der Waals surface area contributed by atoms with Crippen molar-refractivity contribution in [2.45, 2.75) is 31.2 Å². The second kappa shape index (κ2) is 2.24. The maximum absolute atomic E-state index is 6.13. The van der Waals surface area contributed by atoms with Crippen LogP contribution in [-0.2, 0) is 6.54 Å². The van der Waals surface area contributed by atoms with Crippen molar-refractivity contribution in [2.24, 2.45) is 0 Å². The maximum Gasteiger partial charge on any atom is 0.0643 e. The molecule has 1 heterocycles. The molecule has 0 bridgehead atoms. The van der Waals surface area contributed by atoms with Gasteiger partial charge in [0.15, 0.2) is 0 Å². The Labute approximate surface area is 71.2 Å². The first-order chi connectivity index (χ1) is 5.18. The molecule has 0 aromatic carbocycles. The van der Waals surface area contributed by atoms with Crippen LogP contribution in [0, 0.1) is 6.92 Å². The summed E-state index contributed by atoms with van der Waals surface area (Å²) in [6, 6.07) is 0. The maximum atomic E-state index is 6.13. The van der Waals surface area contributed by atoms with Crippen LogP contribution in [0.5, 0.6) is 0 Å². The zero-order valence-electron chi connectivity index (χ0n) is 6.55. The summed E-state index contributed by atoms with van der Waals surface area (Å²) < 4.78 is 1.93. The SMILES string of the molecule is Cc1cnn(CC2(Cl)CC2)c1. The first-order valence-electron chi connectivity index (χ1n) is 3.86. The number of rotatable bonds is 2. The van der Waals surface area contributed by atoms with E-state index in [1.165, 1.54) is 5.56 Å². The third-order valence-electron chi connectivity index (χ3n) is 2.00. The van der Waals surface area contributed by atoms with E-state index in [2.05, 4.69) is 5.10 Å². The van der Waals surface area contributed by atoms with Gasteiger partial charge in [-0.15, -0.1) is 11.6 Å². The van der Waals surface area contributed by atoms with E-state index in [-0.39, 0.29) is 4.87 Å². The van der Waals surface area contributed by atoms with E-state index in [9.17, 15) is 0 Å². The summed E-state index contributed by atoms with van der Waals surface area (Å²) in [5, 5.41) is 4.17. The quantitative estimate of drug-likeness (QED) is 0.621. The molecule has 60 valence electrons.